The first kappa shape index (κ1) is 15.9. The van der Waals surface area contributed by atoms with Gasteiger partial charge in [-0.3, -0.25) is 4.79 Å². The van der Waals surface area contributed by atoms with Gasteiger partial charge in [0, 0.05) is 11.4 Å². The van der Waals surface area contributed by atoms with Crippen LogP contribution in [0.4, 0.5) is 0 Å². The van der Waals surface area contributed by atoms with Crippen molar-refractivity contribution in [1.82, 2.24) is 5.32 Å². The summed E-state index contributed by atoms with van der Waals surface area (Å²) in [6.45, 7) is 4.30. The highest BCUT2D eigenvalue weighted by atomic mass is 32.2. The molecule has 1 aromatic rings. The number of carbonyl (C=O) groups is 1. The number of hydrogen-bond acceptors (Lipinski definition) is 4. The Morgan fingerprint density at radius 3 is 2.63 bits per heavy atom. The molecule has 0 aromatic heterocycles. The minimum Gasteiger partial charge on any atom is -0.496 e. The molecule has 0 bridgehead atoms. The van der Waals surface area contributed by atoms with Gasteiger partial charge in [-0.05, 0) is 29.9 Å². The second-order valence-electron chi connectivity index (χ2n) is 4.63. The van der Waals surface area contributed by atoms with Gasteiger partial charge in [0.15, 0.2) is 0 Å². The zero-order valence-corrected chi connectivity index (χ0v) is 12.6. The highest BCUT2D eigenvalue weighted by Crippen LogP contribution is 2.28. The van der Waals surface area contributed by atoms with E-state index < -0.39 is 12.0 Å². The highest BCUT2D eigenvalue weighted by Gasteiger charge is 2.20. The maximum absolute atomic E-state index is 11.1. The Balaban J connectivity index is 2.74. The number of thioether (sulfide) groups is 1. The van der Waals surface area contributed by atoms with Gasteiger partial charge in [-0.2, -0.15) is 0 Å². The second-order valence-corrected chi connectivity index (χ2v) is 5.48. The monoisotopic (exact) mass is 283 g/mol. The van der Waals surface area contributed by atoms with E-state index in [4.69, 9.17) is 9.84 Å². The Labute approximate surface area is 118 Å². The lowest BCUT2D eigenvalue weighted by Gasteiger charge is -2.18. The standard InChI is InChI=1S/C14H21NO3S/c1-9(2)13(14(16)17)15-8-10-5-6-12(19-4)11(7-10)18-3/h5-7,9,13,15H,8H2,1-4H3,(H,16,17)/t13-/m1/s1. The smallest absolute Gasteiger partial charge is 0.320 e. The van der Waals surface area contributed by atoms with Crippen LogP contribution in [0.1, 0.15) is 19.4 Å². The Morgan fingerprint density at radius 2 is 2.16 bits per heavy atom. The third-order valence-electron chi connectivity index (χ3n) is 2.91. The molecule has 0 saturated heterocycles. The Hall–Kier alpha value is -1.20. The average molecular weight is 283 g/mol. The summed E-state index contributed by atoms with van der Waals surface area (Å²) in [5.74, 6) is 0.0517. The van der Waals surface area contributed by atoms with Crippen LogP contribution in [-0.2, 0) is 11.3 Å². The summed E-state index contributed by atoms with van der Waals surface area (Å²) in [4.78, 5) is 12.2. The van der Waals surface area contributed by atoms with E-state index in [1.807, 2.05) is 38.3 Å². The number of rotatable bonds is 7. The molecule has 0 aliphatic carbocycles. The molecule has 19 heavy (non-hydrogen) atoms. The lowest BCUT2D eigenvalue weighted by molar-refractivity contribution is -0.140. The van der Waals surface area contributed by atoms with Crippen molar-refractivity contribution >= 4 is 17.7 Å². The Bertz CT molecular complexity index is 435. The SMILES string of the molecule is COc1cc(CN[C@@H](C(=O)O)C(C)C)ccc1SC. The van der Waals surface area contributed by atoms with E-state index in [9.17, 15) is 4.79 Å². The summed E-state index contributed by atoms with van der Waals surface area (Å²) < 4.78 is 5.31. The third-order valence-corrected chi connectivity index (χ3v) is 3.68. The van der Waals surface area contributed by atoms with Crippen LogP contribution in [0.3, 0.4) is 0 Å². The van der Waals surface area contributed by atoms with Gasteiger partial charge in [-0.25, -0.2) is 0 Å². The number of ether oxygens (including phenoxy) is 1. The van der Waals surface area contributed by atoms with E-state index in [1.54, 1.807) is 18.9 Å². The van der Waals surface area contributed by atoms with Crippen LogP contribution in [-0.4, -0.2) is 30.5 Å². The maximum atomic E-state index is 11.1. The number of carboxylic acid groups (broad SMARTS) is 1. The zero-order valence-electron chi connectivity index (χ0n) is 11.8. The maximum Gasteiger partial charge on any atom is 0.320 e. The lowest BCUT2D eigenvalue weighted by Crippen LogP contribution is -2.40. The van der Waals surface area contributed by atoms with Gasteiger partial charge in [0.2, 0.25) is 0 Å². The summed E-state index contributed by atoms with van der Waals surface area (Å²) >= 11 is 1.62. The number of aliphatic carboxylic acids is 1. The molecular weight excluding hydrogens is 262 g/mol. The molecule has 0 spiro atoms. The molecule has 0 amide bonds. The van der Waals surface area contributed by atoms with Crippen molar-refractivity contribution < 1.29 is 14.6 Å². The van der Waals surface area contributed by atoms with E-state index in [1.165, 1.54) is 0 Å². The van der Waals surface area contributed by atoms with E-state index in [0.29, 0.717) is 6.54 Å². The zero-order chi connectivity index (χ0) is 14.4. The van der Waals surface area contributed by atoms with Crippen molar-refractivity contribution in [3.05, 3.63) is 23.8 Å². The van der Waals surface area contributed by atoms with Gasteiger partial charge in [0.25, 0.3) is 0 Å². The largest absolute Gasteiger partial charge is 0.496 e. The summed E-state index contributed by atoms with van der Waals surface area (Å²) in [6.07, 6.45) is 2.00. The summed E-state index contributed by atoms with van der Waals surface area (Å²) in [5.41, 5.74) is 1.02. The molecule has 4 nitrogen and oxygen atoms in total. The van der Waals surface area contributed by atoms with Crippen molar-refractivity contribution in [3.8, 4) is 5.75 Å². The van der Waals surface area contributed by atoms with Gasteiger partial charge in [-0.15, -0.1) is 11.8 Å². The van der Waals surface area contributed by atoms with Gasteiger partial charge in [-0.1, -0.05) is 19.9 Å². The molecule has 0 radical (unpaired) electrons. The fourth-order valence-electron chi connectivity index (χ4n) is 1.83. The van der Waals surface area contributed by atoms with Gasteiger partial charge in [0.1, 0.15) is 11.8 Å². The number of hydrogen-bond donors (Lipinski definition) is 2. The lowest BCUT2D eigenvalue weighted by atomic mass is 10.0. The van der Waals surface area contributed by atoms with Crippen LogP contribution in [0, 0.1) is 5.92 Å². The molecule has 5 heteroatoms. The van der Waals surface area contributed by atoms with E-state index >= 15 is 0 Å². The summed E-state index contributed by atoms with van der Waals surface area (Å²) in [5, 5.41) is 12.2. The third kappa shape index (κ3) is 4.44. The van der Waals surface area contributed by atoms with Crippen LogP contribution < -0.4 is 10.1 Å². The molecule has 0 aliphatic heterocycles. The molecule has 0 aliphatic rings. The Kier molecular flexibility index (Phi) is 6.18. The highest BCUT2D eigenvalue weighted by molar-refractivity contribution is 7.98. The van der Waals surface area contributed by atoms with Gasteiger partial charge >= 0.3 is 5.97 Å². The van der Waals surface area contributed by atoms with E-state index in [2.05, 4.69) is 5.32 Å². The molecule has 0 unspecified atom stereocenters. The fourth-order valence-corrected chi connectivity index (χ4v) is 2.37. The first-order chi connectivity index (χ1) is 8.99. The molecule has 1 rings (SSSR count). The van der Waals surface area contributed by atoms with Crippen LogP contribution in [0.5, 0.6) is 5.75 Å². The van der Waals surface area contributed by atoms with Crippen molar-refractivity contribution in [1.29, 1.82) is 0 Å². The first-order valence-corrected chi connectivity index (χ1v) is 7.39. The molecule has 0 saturated carbocycles. The van der Waals surface area contributed by atoms with Crippen molar-refractivity contribution in [2.75, 3.05) is 13.4 Å². The second kappa shape index (κ2) is 7.40. The molecule has 2 N–H and O–H groups in total. The quantitative estimate of drug-likeness (QED) is 0.753. The van der Waals surface area contributed by atoms with Crippen LogP contribution in [0.2, 0.25) is 0 Å². The van der Waals surface area contributed by atoms with E-state index in [-0.39, 0.29) is 5.92 Å². The molecule has 106 valence electrons. The molecule has 1 atom stereocenters. The normalized spacial score (nSPS) is 12.5. The average Bonchev–Trinajstić information content (AvgIpc) is 2.37. The number of methoxy groups -OCH3 is 1. The van der Waals surface area contributed by atoms with E-state index in [0.717, 1.165) is 16.2 Å². The van der Waals surface area contributed by atoms with Crippen molar-refractivity contribution in [2.24, 2.45) is 5.92 Å². The summed E-state index contributed by atoms with van der Waals surface area (Å²) in [7, 11) is 1.64. The Morgan fingerprint density at radius 1 is 1.47 bits per heavy atom. The van der Waals surface area contributed by atoms with Crippen molar-refractivity contribution in [2.45, 2.75) is 31.3 Å². The molecule has 1 aromatic carbocycles. The first-order valence-electron chi connectivity index (χ1n) is 6.16. The minimum absolute atomic E-state index is 0.0462. The number of carboxylic acids is 1. The molecular formula is C14H21NO3S. The van der Waals surface area contributed by atoms with Crippen LogP contribution in [0.25, 0.3) is 0 Å². The summed E-state index contributed by atoms with van der Waals surface area (Å²) in [6, 6.07) is 5.39. The number of nitrogens with one attached hydrogen (secondary N) is 1. The van der Waals surface area contributed by atoms with Gasteiger partial charge < -0.3 is 15.2 Å². The fraction of sp³-hybridized carbons (Fsp3) is 0.500. The van der Waals surface area contributed by atoms with Gasteiger partial charge in [0.05, 0.1) is 7.11 Å². The van der Waals surface area contributed by atoms with Crippen LogP contribution >= 0.6 is 11.8 Å². The number of benzene rings is 1. The minimum atomic E-state index is -0.817. The van der Waals surface area contributed by atoms with Crippen LogP contribution in [0.15, 0.2) is 23.1 Å². The predicted octanol–water partition coefficient (Wildman–Crippen LogP) is 2.62. The molecule has 0 fully saturated rings. The molecule has 0 heterocycles. The topological polar surface area (TPSA) is 58.6 Å². The predicted molar refractivity (Wildman–Crippen MR) is 77.9 cm³/mol. The van der Waals surface area contributed by atoms with Crippen molar-refractivity contribution in [3.63, 3.8) is 0 Å².